The molecule has 0 amide bonds. The van der Waals surface area contributed by atoms with Crippen LogP contribution >= 0.6 is 11.6 Å². The van der Waals surface area contributed by atoms with Crippen LogP contribution in [0, 0.1) is 11.8 Å². The fraction of sp³-hybridized carbons (Fsp3) is 0.0833. The summed E-state index contributed by atoms with van der Waals surface area (Å²) in [6.45, 7) is 2.19. The Bertz CT molecular complexity index is 1130. The number of hydrogen-bond donors (Lipinski definition) is 0. The predicted molar refractivity (Wildman–Crippen MR) is 108 cm³/mol. The number of fused-ring (bicyclic) bond motifs is 3. The van der Waals surface area contributed by atoms with Gasteiger partial charge < -0.3 is 0 Å². The molecule has 0 bridgehead atoms. The Hall–Kier alpha value is -2.75. The van der Waals surface area contributed by atoms with Crippen molar-refractivity contribution in [2.75, 3.05) is 0 Å². The van der Waals surface area contributed by atoms with E-state index in [0.717, 1.165) is 22.6 Å². The first-order valence-corrected chi connectivity index (χ1v) is 8.84. The third-order valence-electron chi connectivity index (χ3n) is 4.50. The van der Waals surface area contributed by atoms with E-state index in [2.05, 4.69) is 67.3 Å². The van der Waals surface area contributed by atoms with Crippen LogP contribution in [-0.4, -0.2) is 0 Å². The molecule has 0 spiro atoms. The Balaban J connectivity index is 1.76. The standard InChI is InChI=1S/C24H17Cl/c1-2-17-7-13-23-20(15-17)9-10-21-16-19(8-14-24(21)23)4-3-18-5-11-22(25)12-6-18/h5-16H,2H2,1H3. The van der Waals surface area contributed by atoms with Gasteiger partial charge >= 0.3 is 0 Å². The molecule has 0 aliphatic rings. The molecule has 0 atom stereocenters. The molecule has 0 radical (unpaired) electrons. The Morgan fingerprint density at radius 2 is 1.28 bits per heavy atom. The zero-order valence-corrected chi connectivity index (χ0v) is 14.8. The summed E-state index contributed by atoms with van der Waals surface area (Å²) in [4.78, 5) is 0. The summed E-state index contributed by atoms with van der Waals surface area (Å²) in [5.74, 6) is 6.44. The second kappa shape index (κ2) is 6.63. The van der Waals surface area contributed by atoms with E-state index >= 15 is 0 Å². The van der Waals surface area contributed by atoms with Crippen molar-refractivity contribution in [1.82, 2.24) is 0 Å². The first kappa shape index (κ1) is 15.8. The van der Waals surface area contributed by atoms with Crippen LogP contribution in [-0.2, 0) is 6.42 Å². The molecule has 0 aromatic heterocycles. The van der Waals surface area contributed by atoms with Crippen LogP contribution in [0.15, 0.2) is 72.8 Å². The van der Waals surface area contributed by atoms with Crippen LogP contribution in [0.5, 0.6) is 0 Å². The summed E-state index contributed by atoms with van der Waals surface area (Å²) in [6.07, 6.45) is 1.06. The highest BCUT2D eigenvalue weighted by molar-refractivity contribution is 6.30. The Labute approximate surface area is 153 Å². The van der Waals surface area contributed by atoms with Crippen molar-refractivity contribution in [2.24, 2.45) is 0 Å². The number of rotatable bonds is 1. The van der Waals surface area contributed by atoms with Crippen molar-refractivity contribution >= 4 is 33.1 Å². The molecule has 0 heterocycles. The maximum absolute atomic E-state index is 5.91. The van der Waals surface area contributed by atoms with E-state index in [0.29, 0.717) is 0 Å². The highest BCUT2D eigenvalue weighted by atomic mass is 35.5. The molecule has 25 heavy (non-hydrogen) atoms. The van der Waals surface area contributed by atoms with Gasteiger partial charge in [-0.1, -0.05) is 66.8 Å². The Kier molecular flexibility index (Phi) is 4.18. The molecule has 120 valence electrons. The first-order chi connectivity index (χ1) is 12.2. The molecular formula is C24H17Cl. The molecule has 0 saturated carbocycles. The van der Waals surface area contributed by atoms with E-state index in [1.165, 1.54) is 27.1 Å². The second-order valence-corrected chi connectivity index (χ2v) is 6.60. The molecule has 0 nitrogen and oxygen atoms in total. The minimum atomic E-state index is 0.731. The van der Waals surface area contributed by atoms with Crippen molar-refractivity contribution in [2.45, 2.75) is 13.3 Å². The van der Waals surface area contributed by atoms with Gasteiger partial charge in [-0.25, -0.2) is 0 Å². The van der Waals surface area contributed by atoms with Gasteiger partial charge in [0.05, 0.1) is 0 Å². The molecular weight excluding hydrogens is 324 g/mol. The predicted octanol–water partition coefficient (Wildman–Crippen LogP) is 6.61. The van der Waals surface area contributed by atoms with Gasteiger partial charge in [0.15, 0.2) is 0 Å². The average Bonchev–Trinajstić information content (AvgIpc) is 2.66. The van der Waals surface area contributed by atoms with E-state index in [1.807, 2.05) is 24.3 Å². The van der Waals surface area contributed by atoms with Crippen molar-refractivity contribution in [3.63, 3.8) is 0 Å². The van der Waals surface area contributed by atoms with Crippen LogP contribution in [0.4, 0.5) is 0 Å². The largest absolute Gasteiger partial charge is 0.0843 e. The zero-order chi connectivity index (χ0) is 17.2. The molecule has 4 aromatic carbocycles. The summed E-state index contributed by atoms with van der Waals surface area (Å²) < 4.78 is 0. The molecule has 0 N–H and O–H groups in total. The van der Waals surface area contributed by atoms with Crippen molar-refractivity contribution in [3.8, 4) is 11.8 Å². The SMILES string of the molecule is CCc1ccc2c(ccc3cc(C#Cc4ccc(Cl)cc4)ccc32)c1. The Morgan fingerprint density at radius 3 is 2.00 bits per heavy atom. The summed E-state index contributed by atoms with van der Waals surface area (Å²) in [5, 5.41) is 5.82. The number of aryl methyl sites for hydroxylation is 1. The lowest BCUT2D eigenvalue weighted by Gasteiger charge is -2.06. The van der Waals surface area contributed by atoms with Gasteiger partial charge in [0, 0.05) is 16.1 Å². The topological polar surface area (TPSA) is 0 Å². The summed E-state index contributed by atoms with van der Waals surface area (Å²) in [7, 11) is 0. The maximum Gasteiger partial charge on any atom is 0.0406 e. The van der Waals surface area contributed by atoms with Gasteiger partial charge in [-0.05, 0) is 69.9 Å². The normalized spacial score (nSPS) is 10.6. The van der Waals surface area contributed by atoms with Gasteiger partial charge in [-0.3, -0.25) is 0 Å². The number of halogens is 1. The molecule has 4 aromatic rings. The zero-order valence-electron chi connectivity index (χ0n) is 14.0. The third kappa shape index (κ3) is 3.25. The van der Waals surface area contributed by atoms with Crippen molar-refractivity contribution < 1.29 is 0 Å². The van der Waals surface area contributed by atoms with E-state index < -0.39 is 0 Å². The second-order valence-electron chi connectivity index (χ2n) is 6.17. The molecule has 0 saturated heterocycles. The van der Waals surface area contributed by atoms with Crippen LogP contribution < -0.4 is 0 Å². The fourth-order valence-corrected chi connectivity index (χ4v) is 3.22. The molecule has 1 heteroatoms. The van der Waals surface area contributed by atoms with Gasteiger partial charge in [0.25, 0.3) is 0 Å². The van der Waals surface area contributed by atoms with Crippen molar-refractivity contribution in [1.29, 1.82) is 0 Å². The van der Waals surface area contributed by atoms with Gasteiger partial charge in [0.2, 0.25) is 0 Å². The number of benzene rings is 4. The maximum atomic E-state index is 5.91. The Morgan fingerprint density at radius 1 is 0.680 bits per heavy atom. The molecule has 4 rings (SSSR count). The molecule has 0 fully saturated rings. The van der Waals surface area contributed by atoms with Crippen LogP contribution in [0.25, 0.3) is 21.5 Å². The van der Waals surface area contributed by atoms with Crippen LogP contribution in [0.1, 0.15) is 23.6 Å². The van der Waals surface area contributed by atoms with Gasteiger partial charge in [-0.2, -0.15) is 0 Å². The lowest BCUT2D eigenvalue weighted by Crippen LogP contribution is -1.83. The average molecular weight is 341 g/mol. The van der Waals surface area contributed by atoms with Crippen molar-refractivity contribution in [3.05, 3.63) is 94.5 Å². The summed E-state index contributed by atoms with van der Waals surface area (Å²) >= 11 is 5.91. The monoisotopic (exact) mass is 340 g/mol. The van der Waals surface area contributed by atoms with E-state index in [4.69, 9.17) is 11.6 Å². The lowest BCUT2D eigenvalue weighted by molar-refractivity contribution is 1.15. The van der Waals surface area contributed by atoms with E-state index in [1.54, 1.807) is 0 Å². The minimum absolute atomic E-state index is 0.731. The highest BCUT2D eigenvalue weighted by Crippen LogP contribution is 2.27. The molecule has 0 aliphatic carbocycles. The third-order valence-corrected chi connectivity index (χ3v) is 4.76. The smallest absolute Gasteiger partial charge is 0.0406 e. The van der Waals surface area contributed by atoms with E-state index in [9.17, 15) is 0 Å². The first-order valence-electron chi connectivity index (χ1n) is 8.46. The lowest BCUT2D eigenvalue weighted by atomic mass is 9.98. The summed E-state index contributed by atoms with van der Waals surface area (Å²) in [5.41, 5.74) is 3.36. The van der Waals surface area contributed by atoms with E-state index in [-0.39, 0.29) is 0 Å². The minimum Gasteiger partial charge on any atom is -0.0843 e. The molecule has 0 unspecified atom stereocenters. The van der Waals surface area contributed by atoms with Crippen LogP contribution in [0.3, 0.4) is 0 Å². The molecule has 0 aliphatic heterocycles. The van der Waals surface area contributed by atoms with Crippen LogP contribution in [0.2, 0.25) is 5.02 Å². The number of hydrogen-bond acceptors (Lipinski definition) is 0. The highest BCUT2D eigenvalue weighted by Gasteiger charge is 2.02. The quantitative estimate of drug-likeness (QED) is 0.270. The fourth-order valence-electron chi connectivity index (χ4n) is 3.10. The van der Waals surface area contributed by atoms with Gasteiger partial charge in [0.1, 0.15) is 0 Å². The van der Waals surface area contributed by atoms with Gasteiger partial charge in [-0.15, -0.1) is 0 Å². The summed E-state index contributed by atoms with van der Waals surface area (Å²) in [6, 6.07) is 25.2.